The smallest absolute Gasteiger partial charge is 0.00509 e. The lowest BCUT2D eigenvalue weighted by Gasteiger charge is -2.14. The summed E-state index contributed by atoms with van der Waals surface area (Å²) in [7, 11) is 0. The lowest BCUT2D eigenvalue weighted by Crippen LogP contribution is -2.32. The first kappa shape index (κ1) is 37.5. The highest BCUT2D eigenvalue weighted by Crippen LogP contribution is 2.27. The van der Waals surface area contributed by atoms with Crippen molar-refractivity contribution in [3.63, 3.8) is 0 Å². The molecule has 1 unspecified atom stereocenters. The summed E-state index contributed by atoms with van der Waals surface area (Å²) in [5, 5.41) is 14.0. The molecular weight excluding hydrogens is 580 g/mol. The van der Waals surface area contributed by atoms with Gasteiger partial charge < -0.3 is 21.3 Å². The lowest BCUT2D eigenvalue weighted by molar-refractivity contribution is 0.477. The number of nitrogens with one attached hydrogen (secondary N) is 4. The van der Waals surface area contributed by atoms with Crippen LogP contribution in [-0.4, -0.2) is 51.9 Å². The lowest BCUT2D eigenvalue weighted by atomic mass is 10.2. The maximum Gasteiger partial charge on any atom is 0.00509 e. The van der Waals surface area contributed by atoms with Crippen molar-refractivity contribution in [2.75, 3.05) is 45.8 Å². The quantitative estimate of drug-likeness (QED) is 0.206. The molecule has 1 saturated carbocycles. The third-order valence-corrected chi connectivity index (χ3v) is 3.87. The molecule has 0 spiro atoms. The molecule has 8 heteroatoms. The Bertz CT molecular complexity index is 223. The van der Waals surface area contributed by atoms with Crippen LogP contribution >= 0.6 is 67.9 Å². The molecule has 0 amide bonds. The van der Waals surface area contributed by atoms with Crippen LogP contribution in [-0.2, 0) is 0 Å². The fraction of sp³-hybridized carbons (Fsp3) is 1.00. The number of hydrogen-bond donors (Lipinski definition) is 4. The van der Waals surface area contributed by atoms with Gasteiger partial charge in [0.1, 0.15) is 0 Å². The van der Waals surface area contributed by atoms with E-state index in [1.807, 2.05) is 0 Å². The van der Waals surface area contributed by atoms with Gasteiger partial charge in [0, 0.05) is 6.04 Å². The van der Waals surface area contributed by atoms with Crippen molar-refractivity contribution >= 4 is 67.9 Å². The van der Waals surface area contributed by atoms with Gasteiger partial charge in [-0.2, -0.15) is 0 Å². The van der Waals surface area contributed by atoms with E-state index in [0.717, 1.165) is 45.2 Å². The molecule has 0 radical (unpaired) electrons. The first-order chi connectivity index (χ1) is 9.83. The van der Waals surface area contributed by atoms with E-state index in [0.29, 0.717) is 6.04 Å². The average Bonchev–Trinajstić information content (AvgIpc) is 3.27. The predicted octanol–water partition coefficient (Wildman–Crippen LogP) is 4.28. The molecule has 4 N–H and O–H groups in total. The molecule has 0 saturated heterocycles. The van der Waals surface area contributed by atoms with Crippen LogP contribution in [0.25, 0.3) is 0 Å². The van der Waals surface area contributed by atoms with Crippen LogP contribution in [0.3, 0.4) is 0 Å². The Balaban J connectivity index is -0.000000267. The third-order valence-electron chi connectivity index (χ3n) is 3.87. The van der Waals surface area contributed by atoms with Crippen molar-refractivity contribution in [1.82, 2.24) is 21.3 Å². The highest BCUT2D eigenvalue weighted by molar-refractivity contribution is 8.93. The zero-order valence-corrected chi connectivity index (χ0v) is 22.1. The van der Waals surface area contributed by atoms with E-state index in [1.165, 1.54) is 38.6 Å². The predicted molar refractivity (Wildman–Crippen MR) is 136 cm³/mol. The first-order valence-corrected chi connectivity index (χ1v) is 8.68. The summed E-state index contributed by atoms with van der Waals surface area (Å²) in [6.45, 7) is 12.4. The molecule has 1 rings (SSSR count). The van der Waals surface area contributed by atoms with Crippen molar-refractivity contribution in [3.05, 3.63) is 0 Å². The Morgan fingerprint density at radius 3 is 1.76 bits per heavy atom. The largest absolute Gasteiger partial charge is 0.317 e. The Kier molecular flexibility index (Phi) is 42.0. The average molecular weight is 624 g/mol. The van der Waals surface area contributed by atoms with Gasteiger partial charge in [0.05, 0.1) is 0 Å². The van der Waals surface area contributed by atoms with E-state index >= 15 is 0 Å². The third kappa shape index (κ3) is 28.1. The summed E-state index contributed by atoms with van der Waals surface area (Å²) in [5.74, 6) is 0.990. The highest BCUT2D eigenvalue weighted by Gasteiger charge is 2.20. The Morgan fingerprint density at radius 1 is 0.800 bits per heavy atom. The Hall–Kier alpha value is 1.76. The van der Waals surface area contributed by atoms with E-state index in [4.69, 9.17) is 0 Å². The molecule has 1 aliphatic rings. The summed E-state index contributed by atoms with van der Waals surface area (Å²) in [6, 6.07) is 0.660. The topological polar surface area (TPSA) is 48.1 Å². The van der Waals surface area contributed by atoms with Crippen molar-refractivity contribution in [2.24, 2.45) is 5.92 Å². The number of hydrogen-bond acceptors (Lipinski definition) is 4. The zero-order chi connectivity index (χ0) is 14.5. The van der Waals surface area contributed by atoms with Crippen molar-refractivity contribution in [3.8, 4) is 0 Å². The SMILES string of the molecule is Br.Br.Br.Br.C.CCNCCCNCCCNCCC(C)NCC1CC1. The van der Waals surface area contributed by atoms with Gasteiger partial charge in [0.15, 0.2) is 0 Å². The van der Waals surface area contributed by atoms with Crippen LogP contribution in [0.2, 0.25) is 0 Å². The van der Waals surface area contributed by atoms with E-state index in [-0.39, 0.29) is 75.4 Å². The first-order valence-electron chi connectivity index (χ1n) is 8.68. The minimum atomic E-state index is 0. The second-order valence-electron chi connectivity index (χ2n) is 6.10. The van der Waals surface area contributed by atoms with Crippen molar-refractivity contribution in [1.29, 1.82) is 0 Å². The summed E-state index contributed by atoms with van der Waals surface area (Å²) in [4.78, 5) is 0. The molecule has 25 heavy (non-hydrogen) atoms. The van der Waals surface area contributed by atoms with E-state index in [1.54, 1.807) is 0 Å². The molecule has 1 atom stereocenters. The van der Waals surface area contributed by atoms with E-state index in [9.17, 15) is 0 Å². The summed E-state index contributed by atoms with van der Waals surface area (Å²) >= 11 is 0. The van der Waals surface area contributed by atoms with Crippen LogP contribution in [0.15, 0.2) is 0 Å². The normalized spacial score (nSPS) is 13.2. The molecule has 0 aromatic carbocycles. The minimum Gasteiger partial charge on any atom is -0.317 e. The summed E-state index contributed by atoms with van der Waals surface area (Å²) in [6.07, 6.45) is 6.58. The molecule has 0 aromatic heterocycles. The van der Waals surface area contributed by atoms with Crippen LogP contribution in [0.4, 0.5) is 0 Å². The van der Waals surface area contributed by atoms with E-state index < -0.39 is 0 Å². The van der Waals surface area contributed by atoms with Gasteiger partial charge in [-0.05, 0) is 90.8 Å². The Morgan fingerprint density at radius 2 is 1.28 bits per heavy atom. The van der Waals surface area contributed by atoms with Gasteiger partial charge in [0.25, 0.3) is 0 Å². The fourth-order valence-electron chi connectivity index (χ4n) is 2.21. The minimum absolute atomic E-state index is 0. The van der Waals surface area contributed by atoms with Gasteiger partial charge in [-0.3, -0.25) is 0 Å². The maximum atomic E-state index is 3.62. The van der Waals surface area contributed by atoms with Gasteiger partial charge in [-0.25, -0.2) is 0 Å². The van der Waals surface area contributed by atoms with Crippen LogP contribution in [0, 0.1) is 5.92 Å². The Labute approximate surface area is 199 Å². The molecule has 1 aliphatic carbocycles. The maximum absolute atomic E-state index is 3.62. The molecule has 0 bridgehead atoms. The van der Waals surface area contributed by atoms with Crippen molar-refractivity contribution in [2.45, 2.75) is 59.4 Å². The molecule has 0 aliphatic heterocycles. The van der Waals surface area contributed by atoms with E-state index in [2.05, 4.69) is 35.1 Å². The van der Waals surface area contributed by atoms with Crippen LogP contribution in [0.1, 0.15) is 53.4 Å². The summed E-state index contributed by atoms with van der Waals surface area (Å²) < 4.78 is 0. The molecule has 1 fully saturated rings. The fourth-order valence-corrected chi connectivity index (χ4v) is 2.21. The number of rotatable bonds is 15. The van der Waals surface area contributed by atoms with Crippen molar-refractivity contribution < 1.29 is 0 Å². The monoisotopic (exact) mass is 620 g/mol. The highest BCUT2D eigenvalue weighted by atomic mass is 79.9. The molecule has 0 aromatic rings. The molecular formula is C17H44Br4N4. The van der Waals surface area contributed by atoms with Crippen LogP contribution in [0.5, 0.6) is 0 Å². The van der Waals surface area contributed by atoms with Gasteiger partial charge in [-0.15, -0.1) is 67.9 Å². The standard InChI is InChI=1S/C16H36N4.CH4.4BrH/c1-3-17-9-4-10-18-11-5-12-19-13-8-15(2)20-14-16-6-7-16;;;;;/h15-20H,3-14H2,1-2H3;1H4;4*1H. The van der Waals surface area contributed by atoms with Gasteiger partial charge in [-0.1, -0.05) is 14.4 Å². The molecule has 0 heterocycles. The zero-order valence-electron chi connectivity index (χ0n) is 15.3. The molecule has 4 nitrogen and oxygen atoms in total. The summed E-state index contributed by atoms with van der Waals surface area (Å²) in [5.41, 5.74) is 0. The van der Waals surface area contributed by atoms with Gasteiger partial charge in [0.2, 0.25) is 0 Å². The number of halogens is 4. The molecule has 160 valence electrons. The van der Waals surface area contributed by atoms with Crippen LogP contribution < -0.4 is 21.3 Å². The van der Waals surface area contributed by atoms with Gasteiger partial charge >= 0.3 is 0 Å². The second-order valence-corrected chi connectivity index (χ2v) is 6.10. The second kappa shape index (κ2) is 28.0.